The second-order valence-corrected chi connectivity index (χ2v) is 8.52. The smallest absolute Gasteiger partial charge is 0.100 e. The Hall–Kier alpha value is -3.65. The van der Waals surface area contributed by atoms with Crippen molar-refractivity contribution in [1.82, 2.24) is 0 Å². The zero-order valence-electron chi connectivity index (χ0n) is 17.0. The van der Waals surface area contributed by atoms with E-state index in [-0.39, 0.29) is 0 Å². The third-order valence-electron chi connectivity index (χ3n) is 4.97. The van der Waals surface area contributed by atoms with E-state index in [1.165, 1.54) is 0 Å². The Morgan fingerprint density at radius 1 is 0.688 bits per heavy atom. The van der Waals surface area contributed by atoms with E-state index in [1.807, 2.05) is 91.0 Å². The van der Waals surface area contributed by atoms with Gasteiger partial charge < -0.3 is 0 Å². The summed E-state index contributed by atoms with van der Waals surface area (Å²) in [7, 11) is 0. The molecule has 0 radical (unpaired) electrons. The Morgan fingerprint density at radius 2 is 1.34 bits per heavy atom. The average molecular weight is 452 g/mol. The molecule has 0 bridgehead atoms. The molecule has 0 amide bonds. The molecule has 0 unspecified atom stereocenters. The van der Waals surface area contributed by atoms with Gasteiger partial charge in [0.1, 0.15) is 10.1 Å². The van der Waals surface area contributed by atoms with E-state index >= 15 is 0 Å². The van der Waals surface area contributed by atoms with Crippen LogP contribution in [0.25, 0.3) is 22.3 Å². The van der Waals surface area contributed by atoms with Crippen LogP contribution in [0.2, 0.25) is 5.02 Å². The highest BCUT2D eigenvalue weighted by Gasteiger charge is 2.11. The predicted octanol–water partition coefficient (Wildman–Crippen LogP) is 7.63. The minimum Gasteiger partial charge on any atom is -0.293 e. The highest BCUT2D eigenvalue weighted by Crippen LogP contribution is 2.33. The number of halogens is 1. The molecular weight excluding hydrogens is 434 g/mol. The minimum atomic E-state index is 0.316. The molecule has 0 aliphatic heterocycles. The number of nitriles is 1. The molecule has 0 atom stereocenters. The van der Waals surface area contributed by atoms with Crippen LogP contribution < -0.4 is 0 Å². The van der Waals surface area contributed by atoms with Gasteiger partial charge >= 0.3 is 0 Å². The Bertz CT molecular complexity index is 1360. The molecule has 5 heteroatoms. The second kappa shape index (κ2) is 9.65. The van der Waals surface area contributed by atoms with Crippen LogP contribution in [-0.2, 0) is 0 Å². The van der Waals surface area contributed by atoms with Crippen LogP contribution in [0.4, 0.5) is 0 Å². The van der Waals surface area contributed by atoms with Crippen LogP contribution in [0.3, 0.4) is 0 Å². The number of nitrogens with zero attached hydrogens (tertiary/aromatic N) is 1. The van der Waals surface area contributed by atoms with Crippen LogP contribution in [0.1, 0.15) is 16.7 Å². The van der Waals surface area contributed by atoms with Crippen molar-refractivity contribution in [3.05, 3.63) is 119 Å². The van der Waals surface area contributed by atoms with Gasteiger partial charge in [0.25, 0.3) is 0 Å². The van der Waals surface area contributed by atoms with Crippen molar-refractivity contribution in [3.63, 3.8) is 0 Å². The Labute approximate surface area is 196 Å². The molecular formula is C27H18ClN3S. The summed E-state index contributed by atoms with van der Waals surface area (Å²) in [4.78, 5) is 0. The van der Waals surface area contributed by atoms with Gasteiger partial charge in [0, 0.05) is 21.7 Å². The van der Waals surface area contributed by atoms with Crippen LogP contribution in [0.5, 0.6) is 0 Å². The van der Waals surface area contributed by atoms with Crippen molar-refractivity contribution < 1.29 is 0 Å². The van der Waals surface area contributed by atoms with Gasteiger partial charge in [0.15, 0.2) is 0 Å². The molecule has 154 valence electrons. The maximum atomic E-state index is 9.21. The van der Waals surface area contributed by atoms with Gasteiger partial charge in [-0.15, -0.1) is 0 Å². The fourth-order valence-electron chi connectivity index (χ4n) is 3.33. The Kier molecular flexibility index (Phi) is 6.51. The van der Waals surface area contributed by atoms with E-state index in [9.17, 15) is 5.26 Å². The van der Waals surface area contributed by atoms with E-state index in [0.29, 0.717) is 20.7 Å². The lowest BCUT2D eigenvalue weighted by atomic mass is 9.97. The van der Waals surface area contributed by atoms with Crippen LogP contribution in [0, 0.1) is 22.1 Å². The molecule has 32 heavy (non-hydrogen) atoms. The van der Waals surface area contributed by atoms with Gasteiger partial charge in [-0.05, 0) is 47.0 Å². The van der Waals surface area contributed by atoms with Gasteiger partial charge in [-0.3, -0.25) is 10.8 Å². The monoisotopic (exact) mass is 451 g/mol. The van der Waals surface area contributed by atoms with E-state index < -0.39 is 0 Å². The first kappa shape index (κ1) is 21.6. The molecule has 0 spiro atoms. The first-order valence-electron chi connectivity index (χ1n) is 9.86. The summed E-state index contributed by atoms with van der Waals surface area (Å²) < 4.78 is 0. The second-order valence-electron chi connectivity index (χ2n) is 7.09. The van der Waals surface area contributed by atoms with Crippen molar-refractivity contribution in [2.45, 2.75) is 0 Å². The molecule has 2 N–H and O–H groups in total. The van der Waals surface area contributed by atoms with Crippen molar-refractivity contribution in [3.8, 4) is 28.3 Å². The van der Waals surface area contributed by atoms with Gasteiger partial charge in [0.05, 0.1) is 11.6 Å². The van der Waals surface area contributed by atoms with E-state index in [2.05, 4.69) is 6.07 Å². The van der Waals surface area contributed by atoms with Crippen LogP contribution in [0.15, 0.2) is 97.1 Å². The third-order valence-corrected chi connectivity index (χ3v) is 6.18. The van der Waals surface area contributed by atoms with Crippen molar-refractivity contribution in [2.24, 2.45) is 0 Å². The molecule has 4 aromatic carbocycles. The van der Waals surface area contributed by atoms with Crippen molar-refractivity contribution >= 4 is 33.5 Å². The average Bonchev–Trinajstić information content (AvgIpc) is 2.85. The summed E-state index contributed by atoms with van der Waals surface area (Å²) >= 11 is 7.60. The molecule has 4 rings (SSSR count). The SMILES string of the molecule is N#Cc1cccc(-c2cc(-c3cccc(C(=N)SC(=N)c4ccccc4)c3)ccc2Cl)c1. The largest absolute Gasteiger partial charge is 0.293 e. The lowest BCUT2D eigenvalue weighted by molar-refractivity contribution is 1.48. The summed E-state index contributed by atoms with van der Waals surface area (Å²) in [6.45, 7) is 0. The molecule has 0 heterocycles. The maximum absolute atomic E-state index is 9.21. The summed E-state index contributed by atoms with van der Waals surface area (Å²) in [6.07, 6.45) is 0. The number of hydrogen-bond donors (Lipinski definition) is 2. The van der Waals surface area contributed by atoms with Gasteiger partial charge in [-0.2, -0.15) is 5.26 Å². The van der Waals surface area contributed by atoms with Gasteiger partial charge in [0.2, 0.25) is 0 Å². The molecule has 3 nitrogen and oxygen atoms in total. The number of nitrogens with one attached hydrogen (secondary N) is 2. The summed E-state index contributed by atoms with van der Waals surface area (Å²) in [5, 5.41) is 27.3. The zero-order chi connectivity index (χ0) is 22.5. The fourth-order valence-corrected chi connectivity index (χ4v) is 4.26. The quantitative estimate of drug-likeness (QED) is 0.247. The number of benzene rings is 4. The molecule has 0 saturated carbocycles. The predicted molar refractivity (Wildman–Crippen MR) is 135 cm³/mol. The standard InChI is InChI=1S/C27H18ClN3S/c28-25-13-12-21(16-24(25)22-10-4-6-18(14-22)17-29)20-9-5-11-23(15-20)27(31)32-26(30)19-7-2-1-3-8-19/h1-16,30-31H. The van der Waals surface area contributed by atoms with Crippen LogP contribution >= 0.6 is 23.4 Å². The molecule has 4 aromatic rings. The number of thioether (sulfide) groups is 1. The lowest BCUT2D eigenvalue weighted by Crippen LogP contribution is -2.01. The number of hydrogen-bond acceptors (Lipinski definition) is 4. The van der Waals surface area contributed by atoms with E-state index in [0.717, 1.165) is 45.1 Å². The normalized spacial score (nSPS) is 10.4. The first-order chi connectivity index (χ1) is 15.5. The van der Waals surface area contributed by atoms with E-state index in [1.54, 1.807) is 6.07 Å². The first-order valence-corrected chi connectivity index (χ1v) is 11.1. The highest BCUT2D eigenvalue weighted by molar-refractivity contribution is 8.27. The molecule has 0 aliphatic carbocycles. The fraction of sp³-hybridized carbons (Fsp3) is 0. The van der Waals surface area contributed by atoms with Gasteiger partial charge in [-0.25, -0.2) is 0 Å². The molecule has 0 fully saturated rings. The van der Waals surface area contributed by atoms with Crippen LogP contribution in [-0.4, -0.2) is 10.1 Å². The third kappa shape index (κ3) is 4.81. The minimum absolute atomic E-state index is 0.316. The van der Waals surface area contributed by atoms with Gasteiger partial charge in [-0.1, -0.05) is 90.1 Å². The molecule has 0 aliphatic rings. The Balaban J connectivity index is 1.63. The zero-order valence-corrected chi connectivity index (χ0v) is 18.5. The highest BCUT2D eigenvalue weighted by atomic mass is 35.5. The molecule has 0 saturated heterocycles. The van der Waals surface area contributed by atoms with Crippen molar-refractivity contribution in [2.75, 3.05) is 0 Å². The van der Waals surface area contributed by atoms with Crippen molar-refractivity contribution in [1.29, 1.82) is 16.1 Å². The maximum Gasteiger partial charge on any atom is 0.100 e. The lowest BCUT2D eigenvalue weighted by Gasteiger charge is -2.11. The van der Waals surface area contributed by atoms with E-state index in [4.69, 9.17) is 22.4 Å². The number of rotatable bonds is 4. The Morgan fingerprint density at radius 3 is 2.12 bits per heavy atom. The summed E-state index contributed by atoms with van der Waals surface area (Å²) in [5.74, 6) is 0. The summed E-state index contributed by atoms with van der Waals surface area (Å²) in [6, 6.07) is 32.5. The topological polar surface area (TPSA) is 71.5 Å². The summed E-state index contributed by atoms with van der Waals surface area (Å²) in [5.41, 5.74) is 5.76. The molecule has 0 aromatic heterocycles.